The Kier molecular flexibility index (Phi) is 5.53. The van der Waals surface area contributed by atoms with E-state index in [1.54, 1.807) is 59.4 Å². The molecule has 1 atom stereocenters. The van der Waals surface area contributed by atoms with Gasteiger partial charge in [-0.2, -0.15) is 5.10 Å². The summed E-state index contributed by atoms with van der Waals surface area (Å²) in [5.41, 5.74) is 0.882. The summed E-state index contributed by atoms with van der Waals surface area (Å²) in [7, 11) is 1.75. The van der Waals surface area contributed by atoms with Gasteiger partial charge in [0.25, 0.3) is 5.91 Å². The van der Waals surface area contributed by atoms with Gasteiger partial charge in [0.15, 0.2) is 6.04 Å². The third kappa shape index (κ3) is 4.22. The average Bonchev–Trinajstić information content (AvgIpc) is 3.18. The monoisotopic (exact) mass is 351 g/mol. The molecule has 0 saturated heterocycles. The van der Waals surface area contributed by atoms with E-state index in [4.69, 9.17) is 4.74 Å². The first-order valence-electron chi connectivity index (χ1n) is 8.36. The molecule has 1 aromatic heterocycles. The third-order valence-corrected chi connectivity index (χ3v) is 4.05. The molecule has 1 unspecified atom stereocenters. The summed E-state index contributed by atoms with van der Waals surface area (Å²) >= 11 is 0. The molecule has 1 amide bonds. The van der Waals surface area contributed by atoms with Crippen LogP contribution in [0.5, 0.6) is 11.5 Å². The number of aromatic nitrogens is 2. The van der Waals surface area contributed by atoms with Gasteiger partial charge in [0, 0.05) is 19.4 Å². The van der Waals surface area contributed by atoms with E-state index < -0.39 is 6.04 Å². The Hall–Kier alpha value is -3.28. The fraction of sp³-hybridized carbons (Fsp3) is 0.200. The second kappa shape index (κ2) is 8.20. The first kappa shape index (κ1) is 17.5. The van der Waals surface area contributed by atoms with Crippen molar-refractivity contribution in [1.82, 2.24) is 14.7 Å². The van der Waals surface area contributed by atoms with E-state index in [0.29, 0.717) is 18.9 Å². The van der Waals surface area contributed by atoms with Gasteiger partial charge in [0.05, 0.1) is 6.54 Å². The molecule has 3 rings (SSSR count). The second-order valence-electron chi connectivity index (χ2n) is 5.90. The summed E-state index contributed by atoms with van der Waals surface area (Å²) < 4.78 is 7.29. The molecule has 0 saturated carbocycles. The molecule has 0 radical (unpaired) electrons. The molecule has 1 N–H and O–H groups in total. The number of benzene rings is 2. The lowest BCUT2D eigenvalue weighted by molar-refractivity contribution is -0.132. The van der Waals surface area contributed by atoms with E-state index in [-0.39, 0.29) is 11.7 Å². The summed E-state index contributed by atoms with van der Waals surface area (Å²) in [4.78, 5) is 14.6. The smallest absolute Gasteiger partial charge is 0.251 e. The van der Waals surface area contributed by atoms with Crippen molar-refractivity contribution in [2.45, 2.75) is 6.04 Å². The Labute approximate surface area is 152 Å². The maximum atomic E-state index is 13.0. The lowest BCUT2D eigenvalue weighted by Crippen LogP contribution is -2.37. The van der Waals surface area contributed by atoms with Crippen LogP contribution in [0.3, 0.4) is 0 Å². The van der Waals surface area contributed by atoms with Gasteiger partial charge in [-0.05, 0) is 35.9 Å². The lowest BCUT2D eigenvalue weighted by Gasteiger charge is -2.24. The molecule has 0 fully saturated rings. The number of likely N-dealkylation sites (N-methyl/N-ethyl adjacent to an activating group) is 1. The van der Waals surface area contributed by atoms with Crippen LogP contribution in [0.1, 0.15) is 11.6 Å². The van der Waals surface area contributed by atoms with Crippen LogP contribution in [0, 0.1) is 0 Å². The molecular formula is C20H21N3O3. The van der Waals surface area contributed by atoms with Crippen LogP contribution >= 0.6 is 0 Å². The SMILES string of the molecule is CN(CCOc1ccc(O)cc1)C(=O)C(c1ccccc1)n1cccn1. The number of carbonyl (C=O) groups excluding carboxylic acids is 1. The molecule has 3 aromatic rings. The van der Waals surface area contributed by atoms with E-state index in [9.17, 15) is 9.90 Å². The van der Waals surface area contributed by atoms with Crippen LogP contribution in [-0.4, -0.2) is 45.9 Å². The number of carbonyl (C=O) groups is 1. The van der Waals surface area contributed by atoms with Gasteiger partial charge in [-0.1, -0.05) is 30.3 Å². The zero-order valence-electron chi connectivity index (χ0n) is 14.5. The predicted octanol–water partition coefficient (Wildman–Crippen LogP) is 2.72. The topological polar surface area (TPSA) is 67.6 Å². The standard InChI is InChI=1S/C20H21N3O3/c1-22(14-15-26-18-10-8-17(24)9-11-18)20(25)19(23-13-5-12-21-23)16-6-3-2-4-7-16/h2-13,19,24H,14-15H2,1H3. The van der Waals surface area contributed by atoms with Crippen molar-refractivity contribution < 1.29 is 14.6 Å². The molecule has 26 heavy (non-hydrogen) atoms. The number of amides is 1. The number of rotatable bonds is 7. The highest BCUT2D eigenvalue weighted by Crippen LogP contribution is 2.20. The van der Waals surface area contributed by atoms with Crippen LogP contribution in [0.2, 0.25) is 0 Å². The van der Waals surface area contributed by atoms with Gasteiger partial charge >= 0.3 is 0 Å². The Bertz CT molecular complexity index is 817. The predicted molar refractivity (Wildman–Crippen MR) is 98.0 cm³/mol. The minimum absolute atomic E-state index is 0.0609. The molecule has 0 bridgehead atoms. The Balaban J connectivity index is 1.65. The third-order valence-electron chi connectivity index (χ3n) is 4.05. The summed E-state index contributed by atoms with van der Waals surface area (Å²) in [5.74, 6) is 0.777. The summed E-state index contributed by atoms with van der Waals surface area (Å²) in [6.07, 6.45) is 3.45. The zero-order valence-corrected chi connectivity index (χ0v) is 14.5. The second-order valence-corrected chi connectivity index (χ2v) is 5.90. The fourth-order valence-electron chi connectivity index (χ4n) is 2.64. The van der Waals surface area contributed by atoms with Gasteiger partial charge in [0.2, 0.25) is 0 Å². The molecule has 0 aliphatic heterocycles. The van der Waals surface area contributed by atoms with Crippen molar-refractivity contribution in [3.05, 3.63) is 78.6 Å². The number of ether oxygens (including phenoxy) is 1. The lowest BCUT2D eigenvalue weighted by atomic mass is 10.1. The Morgan fingerprint density at radius 3 is 2.54 bits per heavy atom. The molecular weight excluding hydrogens is 330 g/mol. The fourth-order valence-corrected chi connectivity index (χ4v) is 2.64. The van der Waals surface area contributed by atoms with Gasteiger partial charge in [-0.3, -0.25) is 9.48 Å². The van der Waals surface area contributed by atoms with Crippen LogP contribution in [-0.2, 0) is 4.79 Å². The number of phenols is 1. The summed E-state index contributed by atoms with van der Waals surface area (Å²) in [6.45, 7) is 0.790. The maximum Gasteiger partial charge on any atom is 0.251 e. The van der Waals surface area contributed by atoms with E-state index in [1.165, 1.54) is 0 Å². The van der Waals surface area contributed by atoms with Gasteiger partial charge in [-0.15, -0.1) is 0 Å². The van der Waals surface area contributed by atoms with Crippen molar-refractivity contribution in [1.29, 1.82) is 0 Å². The van der Waals surface area contributed by atoms with Crippen molar-refractivity contribution in [2.75, 3.05) is 20.2 Å². The molecule has 0 aliphatic carbocycles. The normalized spacial score (nSPS) is 11.7. The highest BCUT2D eigenvalue weighted by molar-refractivity contribution is 5.83. The number of hydrogen-bond donors (Lipinski definition) is 1. The first-order chi connectivity index (χ1) is 12.6. The molecule has 0 spiro atoms. The molecule has 6 heteroatoms. The summed E-state index contributed by atoms with van der Waals surface area (Å²) in [6, 6.07) is 17.4. The number of phenolic OH excluding ortho intramolecular Hbond substituents is 1. The van der Waals surface area contributed by atoms with Crippen LogP contribution in [0.15, 0.2) is 73.1 Å². The van der Waals surface area contributed by atoms with Crippen molar-refractivity contribution in [2.24, 2.45) is 0 Å². The number of aromatic hydroxyl groups is 1. The van der Waals surface area contributed by atoms with Crippen LogP contribution in [0.4, 0.5) is 0 Å². The highest BCUT2D eigenvalue weighted by atomic mass is 16.5. The molecule has 134 valence electrons. The zero-order chi connectivity index (χ0) is 18.4. The van der Waals surface area contributed by atoms with E-state index in [2.05, 4.69) is 5.10 Å². The average molecular weight is 351 g/mol. The summed E-state index contributed by atoms with van der Waals surface area (Å²) in [5, 5.41) is 13.5. The quantitative estimate of drug-likeness (QED) is 0.711. The van der Waals surface area contributed by atoms with Crippen molar-refractivity contribution >= 4 is 5.91 Å². The van der Waals surface area contributed by atoms with Gasteiger partial charge in [0.1, 0.15) is 18.1 Å². The van der Waals surface area contributed by atoms with E-state index in [1.807, 2.05) is 30.3 Å². The maximum absolute atomic E-state index is 13.0. The molecule has 1 heterocycles. The molecule has 0 aliphatic rings. The van der Waals surface area contributed by atoms with E-state index >= 15 is 0 Å². The molecule has 2 aromatic carbocycles. The van der Waals surface area contributed by atoms with Crippen LogP contribution < -0.4 is 4.74 Å². The van der Waals surface area contributed by atoms with Gasteiger partial charge < -0.3 is 14.7 Å². The van der Waals surface area contributed by atoms with Crippen molar-refractivity contribution in [3.8, 4) is 11.5 Å². The first-order valence-corrected chi connectivity index (χ1v) is 8.36. The Morgan fingerprint density at radius 1 is 1.15 bits per heavy atom. The Morgan fingerprint density at radius 2 is 1.88 bits per heavy atom. The largest absolute Gasteiger partial charge is 0.508 e. The highest BCUT2D eigenvalue weighted by Gasteiger charge is 2.25. The minimum Gasteiger partial charge on any atom is -0.508 e. The number of hydrogen-bond acceptors (Lipinski definition) is 4. The van der Waals surface area contributed by atoms with E-state index in [0.717, 1.165) is 5.56 Å². The minimum atomic E-state index is -0.509. The van der Waals surface area contributed by atoms with Crippen molar-refractivity contribution in [3.63, 3.8) is 0 Å². The van der Waals surface area contributed by atoms with Gasteiger partial charge in [-0.25, -0.2) is 0 Å². The number of nitrogens with zero attached hydrogens (tertiary/aromatic N) is 3. The van der Waals surface area contributed by atoms with Crippen LogP contribution in [0.25, 0.3) is 0 Å². The molecule has 6 nitrogen and oxygen atoms in total.